The fraction of sp³-hybridized carbons (Fsp3) is 0.333. The summed E-state index contributed by atoms with van der Waals surface area (Å²) in [5, 5.41) is 9.05. The second kappa shape index (κ2) is 7.45. The van der Waals surface area contributed by atoms with Gasteiger partial charge in [0, 0.05) is 5.92 Å². The van der Waals surface area contributed by atoms with E-state index in [9.17, 15) is 4.79 Å². The van der Waals surface area contributed by atoms with E-state index in [2.05, 4.69) is 26.0 Å². The summed E-state index contributed by atoms with van der Waals surface area (Å²) in [6, 6.07) is 7.89. The van der Waals surface area contributed by atoms with Crippen LogP contribution in [-0.4, -0.2) is 6.29 Å². The average Bonchev–Trinajstić information content (AvgIpc) is 2.43. The zero-order valence-corrected chi connectivity index (χ0v) is 12.6. The van der Waals surface area contributed by atoms with Crippen LogP contribution in [-0.2, 0) is 4.79 Å². The predicted octanol–water partition coefficient (Wildman–Crippen LogP) is 4.45. The summed E-state index contributed by atoms with van der Waals surface area (Å²) >= 11 is 0. The van der Waals surface area contributed by atoms with E-state index in [-0.39, 0.29) is 5.92 Å². The van der Waals surface area contributed by atoms with Crippen molar-refractivity contribution in [1.82, 2.24) is 0 Å². The smallest absolute Gasteiger partial charge is 0.145 e. The molecule has 1 atom stereocenters. The van der Waals surface area contributed by atoms with E-state index in [1.54, 1.807) is 0 Å². The number of nitrogens with zero attached hydrogens (tertiary/aromatic N) is 1. The second-order valence-electron chi connectivity index (χ2n) is 5.34. The van der Waals surface area contributed by atoms with Crippen LogP contribution in [0.3, 0.4) is 0 Å². The molecule has 0 saturated carbocycles. The molecule has 1 aromatic carbocycles. The predicted molar refractivity (Wildman–Crippen MR) is 82.5 cm³/mol. The van der Waals surface area contributed by atoms with Crippen molar-refractivity contribution < 1.29 is 4.79 Å². The van der Waals surface area contributed by atoms with Crippen molar-refractivity contribution in [2.75, 3.05) is 0 Å². The van der Waals surface area contributed by atoms with Gasteiger partial charge in [-0.2, -0.15) is 5.26 Å². The van der Waals surface area contributed by atoms with Crippen molar-refractivity contribution in [3.63, 3.8) is 0 Å². The molecule has 104 valence electrons. The SMILES string of the molecule is CC(C)=CCC(/C=C(\C)C=O)c1cc(C#N)ccc1C. The Morgan fingerprint density at radius 3 is 2.60 bits per heavy atom. The van der Waals surface area contributed by atoms with Crippen molar-refractivity contribution in [1.29, 1.82) is 5.26 Å². The highest BCUT2D eigenvalue weighted by Gasteiger charge is 2.11. The third-order valence-electron chi connectivity index (χ3n) is 3.24. The molecule has 0 saturated heterocycles. The highest BCUT2D eigenvalue weighted by Crippen LogP contribution is 2.27. The fourth-order valence-corrected chi connectivity index (χ4v) is 2.11. The van der Waals surface area contributed by atoms with Crippen LogP contribution in [0, 0.1) is 18.3 Å². The Morgan fingerprint density at radius 1 is 1.35 bits per heavy atom. The number of hydrogen-bond donors (Lipinski definition) is 0. The number of rotatable bonds is 5. The van der Waals surface area contributed by atoms with Crippen LogP contribution < -0.4 is 0 Å². The maximum absolute atomic E-state index is 10.9. The van der Waals surface area contributed by atoms with Gasteiger partial charge in [-0.25, -0.2) is 0 Å². The minimum absolute atomic E-state index is 0.128. The lowest BCUT2D eigenvalue weighted by Crippen LogP contribution is -2.00. The van der Waals surface area contributed by atoms with Crippen LogP contribution in [0.25, 0.3) is 0 Å². The first-order valence-electron chi connectivity index (χ1n) is 6.75. The Labute approximate surface area is 121 Å². The summed E-state index contributed by atoms with van der Waals surface area (Å²) in [6.07, 6.45) is 5.86. The molecule has 0 aliphatic carbocycles. The van der Waals surface area contributed by atoms with E-state index < -0.39 is 0 Å². The van der Waals surface area contributed by atoms with Gasteiger partial charge in [0.15, 0.2) is 0 Å². The van der Waals surface area contributed by atoms with Crippen LogP contribution in [0.1, 0.15) is 49.8 Å². The third kappa shape index (κ3) is 4.51. The Kier molecular flexibility index (Phi) is 5.93. The molecule has 2 nitrogen and oxygen atoms in total. The molecule has 0 amide bonds. The molecule has 0 radical (unpaired) electrons. The largest absolute Gasteiger partial charge is 0.298 e. The van der Waals surface area contributed by atoms with Gasteiger partial charge in [0.1, 0.15) is 6.29 Å². The maximum atomic E-state index is 10.9. The van der Waals surface area contributed by atoms with Crippen LogP contribution in [0.15, 0.2) is 41.5 Å². The molecule has 0 aromatic heterocycles. The summed E-state index contributed by atoms with van der Waals surface area (Å²) in [5.41, 5.74) is 4.89. The first kappa shape index (κ1) is 15.9. The zero-order chi connectivity index (χ0) is 15.1. The third-order valence-corrected chi connectivity index (χ3v) is 3.24. The van der Waals surface area contributed by atoms with E-state index in [1.807, 2.05) is 38.1 Å². The molecular formula is C18H21NO. The summed E-state index contributed by atoms with van der Waals surface area (Å²) in [5.74, 6) is 0.128. The van der Waals surface area contributed by atoms with E-state index in [4.69, 9.17) is 5.26 Å². The van der Waals surface area contributed by atoms with Crippen LogP contribution in [0.4, 0.5) is 0 Å². The fourth-order valence-electron chi connectivity index (χ4n) is 2.11. The lowest BCUT2D eigenvalue weighted by Gasteiger charge is -2.15. The van der Waals surface area contributed by atoms with Gasteiger partial charge >= 0.3 is 0 Å². The molecule has 1 rings (SSSR count). The quantitative estimate of drug-likeness (QED) is 0.449. The molecule has 0 heterocycles. The van der Waals surface area contributed by atoms with Gasteiger partial charge in [0.05, 0.1) is 11.6 Å². The van der Waals surface area contributed by atoms with E-state index >= 15 is 0 Å². The molecule has 0 aliphatic rings. The second-order valence-corrected chi connectivity index (χ2v) is 5.34. The number of hydrogen-bond acceptors (Lipinski definition) is 2. The molecule has 20 heavy (non-hydrogen) atoms. The van der Waals surface area contributed by atoms with Crippen molar-refractivity contribution >= 4 is 6.29 Å². The van der Waals surface area contributed by atoms with Gasteiger partial charge in [0.25, 0.3) is 0 Å². The Balaban J connectivity index is 3.26. The van der Waals surface area contributed by atoms with Gasteiger partial charge in [0.2, 0.25) is 0 Å². The maximum Gasteiger partial charge on any atom is 0.145 e. The normalized spacial score (nSPS) is 12.4. The first-order chi connectivity index (χ1) is 9.47. The Bertz CT molecular complexity index is 584. The molecule has 1 unspecified atom stereocenters. The summed E-state index contributed by atoms with van der Waals surface area (Å²) in [7, 11) is 0. The highest BCUT2D eigenvalue weighted by molar-refractivity contribution is 5.72. The van der Waals surface area contributed by atoms with E-state index in [0.717, 1.165) is 29.4 Å². The monoisotopic (exact) mass is 267 g/mol. The molecule has 2 heteroatoms. The number of carbonyl (C=O) groups is 1. The van der Waals surface area contributed by atoms with Crippen LogP contribution in [0.2, 0.25) is 0 Å². The van der Waals surface area contributed by atoms with Gasteiger partial charge in [-0.1, -0.05) is 23.8 Å². The summed E-state index contributed by atoms with van der Waals surface area (Å²) < 4.78 is 0. The average molecular weight is 267 g/mol. The standard InChI is InChI=1S/C18H21NO/c1-13(2)5-8-17(9-14(3)12-20)18-10-16(11-19)7-6-15(18)4/h5-7,9-10,12,17H,8H2,1-4H3/b14-9+. The molecular weight excluding hydrogens is 246 g/mol. The summed E-state index contributed by atoms with van der Waals surface area (Å²) in [6.45, 7) is 7.97. The zero-order valence-electron chi connectivity index (χ0n) is 12.6. The van der Waals surface area contributed by atoms with Gasteiger partial charge in [-0.15, -0.1) is 0 Å². The lowest BCUT2D eigenvalue weighted by molar-refractivity contribution is -0.104. The number of allylic oxidation sites excluding steroid dienone is 4. The number of benzene rings is 1. The highest BCUT2D eigenvalue weighted by atomic mass is 16.1. The molecule has 0 spiro atoms. The van der Waals surface area contributed by atoms with Crippen LogP contribution >= 0.6 is 0 Å². The van der Waals surface area contributed by atoms with E-state index in [1.165, 1.54) is 5.57 Å². The number of carbonyl (C=O) groups excluding carboxylic acids is 1. The lowest BCUT2D eigenvalue weighted by atomic mass is 9.89. The van der Waals surface area contributed by atoms with Crippen molar-refractivity contribution in [3.05, 3.63) is 58.2 Å². The van der Waals surface area contributed by atoms with Crippen molar-refractivity contribution in [3.8, 4) is 6.07 Å². The topological polar surface area (TPSA) is 40.9 Å². The summed E-state index contributed by atoms with van der Waals surface area (Å²) in [4.78, 5) is 10.9. The van der Waals surface area contributed by atoms with Gasteiger partial charge in [-0.05, 0) is 62.9 Å². The number of nitriles is 1. The molecule has 0 fully saturated rings. The van der Waals surface area contributed by atoms with Crippen molar-refractivity contribution in [2.24, 2.45) is 0 Å². The number of aryl methyl sites for hydroxylation is 1. The van der Waals surface area contributed by atoms with Crippen LogP contribution in [0.5, 0.6) is 0 Å². The molecule has 0 bridgehead atoms. The minimum atomic E-state index is 0.128. The van der Waals surface area contributed by atoms with Gasteiger partial charge < -0.3 is 0 Å². The molecule has 0 aliphatic heterocycles. The molecule has 0 N–H and O–H groups in total. The Morgan fingerprint density at radius 2 is 2.05 bits per heavy atom. The minimum Gasteiger partial charge on any atom is -0.298 e. The number of aldehydes is 1. The Hall–Kier alpha value is -2.14. The van der Waals surface area contributed by atoms with E-state index in [0.29, 0.717) is 5.56 Å². The molecule has 1 aromatic rings. The van der Waals surface area contributed by atoms with Gasteiger partial charge in [-0.3, -0.25) is 4.79 Å². The first-order valence-corrected chi connectivity index (χ1v) is 6.75. The van der Waals surface area contributed by atoms with Crippen molar-refractivity contribution in [2.45, 2.75) is 40.0 Å².